The number of nitrogens with zero attached hydrogens (tertiary/aromatic N) is 1. The molecule has 0 bridgehead atoms. The van der Waals surface area contributed by atoms with Crippen molar-refractivity contribution in [2.24, 2.45) is 5.92 Å². The van der Waals surface area contributed by atoms with Crippen LogP contribution in [-0.2, 0) is 6.54 Å². The van der Waals surface area contributed by atoms with Gasteiger partial charge in [-0.25, -0.2) is 4.39 Å². The van der Waals surface area contributed by atoms with Crippen LogP contribution in [0.15, 0.2) is 18.2 Å². The molecule has 118 valence electrons. The number of hydrogen-bond acceptors (Lipinski definition) is 2. The van der Waals surface area contributed by atoms with Gasteiger partial charge in [0.1, 0.15) is 5.82 Å². The highest BCUT2D eigenvalue weighted by Crippen LogP contribution is 2.26. The van der Waals surface area contributed by atoms with E-state index in [1.54, 1.807) is 6.07 Å². The minimum absolute atomic E-state index is 0.0881. The summed E-state index contributed by atoms with van der Waals surface area (Å²) in [7, 11) is 0. The summed E-state index contributed by atoms with van der Waals surface area (Å²) in [6.07, 6.45) is 1.17. The third kappa shape index (κ3) is 3.97. The molecular weight excluding hydrogens is 287 g/mol. The van der Waals surface area contributed by atoms with E-state index in [9.17, 15) is 4.39 Å². The number of nitrogens with one attached hydrogen (secondary N) is 1. The van der Waals surface area contributed by atoms with Crippen molar-refractivity contribution in [1.29, 1.82) is 0 Å². The van der Waals surface area contributed by atoms with Crippen molar-refractivity contribution in [2.45, 2.75) is 52.2 Å². The molecule has 2 atom stereocenters. The molecule has 21 heavy (non-hydrogen) atoms. The van der Waals surface area contributed by atoms with Crippen LogP contribution in [0, 0.1) is 11.7 Å². The molecule has 4 heteroatoms. The second-order valence-electron chi connectivity index (χ2n) is 6.81. The van der Waals surface area contributed by atoms with Gasteiger partial charge in [-0.1, -0.05) is 37.9 Å². The number of halogens is 2. The normalized spacial score (nSPS) is 24.0. The Morgan fingerprint density at radius 3 is 2.81 bits per heavy atom. The number of rotatable bonds is 4. The van der Waals surface area contributed by atoms with E-state index in [1.165, 1.54) is 12.5 Å². The fourth-order valence-corrected chi connectivity index (χ4v) is 3.05. The van der Waals surface area contributed by atoms with Gasteiger partial charge in [0.05, 0.1) is 5.02 Å². The van der Waals surface area contributed by atoms with Gasteiger partial charge in [0.2, 0.25) is 0 Å². The van der Waals surface area contributed by atoms with Crippen molar-refractivity contribution in [3.8, 4) is 0 Å². The first-order chi connectivity index (χ1) is 9.83. The SMILES string of the molecule is CCC(C)C1CN(Cc2ccc(F)c(Cl)c2)C(C)(C)CN1. The first-order valence-electron chi connectivity index (χ1n) is 7.76. The van der Waals surface area contributed by atoms with E-state index in [0.29, 0.717) is 12.0 Å². The monoisotopic (exact) mass is 312 g/mol. The van der Waals surface area contributed by atoms with Gasteiger partial charge in [-0.2, -0.15) is 0 Å². The second kappa shape index (κ2) is 6.64. The van der Waals surface area contributed by atoms with Crippen LogP contribution in [0.1, 0.15) is 39.7 Å². The maximum Gasteiger partial charge on any atom is 0.141 e. The molecule has 1 fully saturated rings. The zero-order chi connectivity index (χ0) is 15.6. The standard InChI is InChI=1S/C17H26ClFN2/c1-5-12(2)16-10-21(17(3,4)11-20-16)9-13-6-7-15(19)14(18)8-13/h6-8,12,16,20H,5,9-11H2,1-4H3. The van der Waals surface area contributed by atoms with Crippen LogP contribution in [0.25, 0.3) is 0 Å². The molecule has 1 aliphatic rings. The molecule has 0 aromatic heterocycles. The van der Waals surface area contributed by atoms with Crippen LogP contribution < -0.4 is 5.32 Å². The average Bonchev–Trinajstić information content (AvgIpc) is 2.44. The number of benzene rings is 1. The van der Waals surface area contributed by atoms with Crippen molar-refractivity contribution in [3.05, 3.63) is 34.6 Å². The maximum atomic E-state index is 13.3. The molecule has 0 spiro atoms. The van der Waals surface area contributed by atoms with Gasteiger partial charge >= 0.3 is 0 Å². The van der Waals surface area contributed by atoms with Crippen LogP contribution in [0.2, 0.25) is 5.02 Å². The molecular formula is C17H26ClFN2. The van der Waals surface area contributed by atoms with Gasteiger partial charge in [-0.3, -0.25) is 4.90 Å². The Hall–Kier alpha value is -0.640. The average molecular weight is 313 g/mol. The van der Waals surface area contributed by atoms with Crippen molar-refractivity contribution < 1.29 is 4.39 Å². The van der Waals surface area contributed by atoms with Crippen molar-refractivity contribution in [3.63, 3.8) is 0 Å². The van der Waals surface area contributed by atoms with E-state index < -0.39 is 0 Å². The molecule has 0 saturated carbocycles. The van der Waals surface area contributed by atoms with Gasteiger partial charge in [0.15, 0.2) is 0 Å². The molecule has 0 aliphatic carbocycles. The maximum absolute atomic E-state index is 13.3. The van der Waals surface area contributed by atoms with E-state index in [0.717, 1.165) is 25.2 Å². The zero-order valence-electron chi connectivity index (χ0n) is 13.4. The van der Waals surface area contributed by atoms with E-state index in [2.05, 4.69) is 37.9 Å². The number of piperazine rings is 1. The fraction of sp³-hybridized carbons (Fsp3) is 0.647. The van der Waals surface area contributed by atoms with Crippen LogP contribution in [0.3, 0.4) is 0 Å². The summed E-state index contributed by atoms with van der Waals surface area (Å²) >= 11 is 5.90. The Bertz CT molecular complexity index is 490. The summed E-state index contributed by atoms with van der Waals surface area (Å²) in [5.74, 6) is 0.304. The number of hydrogen-bond donors (Lipinski definition) is 1. The topological polar surface area (TPSA) is 15.3 Å². The van der Waals surface area contributed by atoms with E-state index in [-0.39, 0.29) is 16.4 Å². The van der Waals surface area contributed by atoms with Crippen LogP contribution in [0.4, 0.5) is 4.39 Å². The Kier molecular flexibility index (Phi) is 5.29. The second-order valence-corrected chi connectivity index (χ2v) is 7.22. The molecule has 1 heterocycles. The molecule has 1 N–H and O–H groups in total. The fourth-order valence-electron chi connectivity index (χ4n) is 2.84. The van der Waals surface area contributed by atoms with Crippen molar-refractivity contribution in [1.82, 2.24) is 10.2 Å². The summed E-state index contributed by atoms with van der Waals surface area (Å²) < 4.78 is 13.3. The predicted molar refractivity (Wildman–Crippen MR) is 87.1 cm³/mol. The van der Waals surface area contributed by atoms with E-state index in [1.807, 2.05) is 6.07 Å². The third-order valence-electron chi connectivity index (χ3n) is 4.76. The highest BCUT2D eigenvalue weighted by molar-refractivity contribution is 6.30. The minimum atomic E-state index is -0.350. The first kappa shape index (κ1) is 16.7. The quantitative estimate of drug-likeness (QED) is 0.901. The molecule has 2 unspecified atom stereocenters. The lowest BCUT2D eigenvalue weighted by atomic mass is 9.90. The van der Waals surface area contributed by atoms with Crippen LogP contribution >= 0.6 is 11.6 Å². The Labute approximate surface area is 132 Å². The minimum Gasteiger partial charge on any atom is -0.311 e. The molecule has 0 radical (unpaired) electrons. The summed E-state index contributed by atoms with van der Waals surface area (Å²) in [6, 6.07) is 5.54. The Balaban J connectivity index is 2.12. The molecule has 1 aliphatic heterocycles. The highest BCUT2D eigenvalue weighted by Gasteiger charge is 2.35. The Morgan fingerprint density at radius 1 is 1.48 bits per heavy atom. The van der Waals surface area contributed by atoms with Gasteiger partial charge in [-0.15, -0.1) is 0 Å². The van der Waals surface area contributed by atoms with Crippen molar-refractivity contribution in [2.75, 3.05) is 13.1 Å². The van der Waals surface area contributed by atoms with Crippen LogP contribution in [0.5, 0.6) is 0 Å². The third-order valence-corrected chi connectivity index (χ3v) is 5.05. The molecule has 1 aromatic carbocycles. The summed E-state index contributed by atoms with van der Waals surface area (Å²) in [5, 5.41) is 3.88. The summed E-state index contributed by atoms with van der Waals surface area (Å²) in [5.41, 5.74) is 1.16. The van der Waals surface area contributed by atoms with Crippen molar-refractivity contribution >= 4 is 11.6 Å². The van der Waals surface area contributed by atoms with E-state index in [4.69, 9.17) is 11.6 Å². The lowest BCUT2D eigenvalue weighted by molar-refractivity contribution is 0.0449. The molecule has 2 rings (SSSR count). The lowest BCUT2D eigenvalue weighted by Crippen LogP contribution is -2.62. The van der Waals surface area contributed by atoms with Gasteiger partial charge < -0.3 is 5.32 Å². The first-order valence-corrected chi connectivity index (χ1v) is 8.13. The largest absolute Gasteiger partial charge is 0.311 e. The van der Waals surface area contributed by atoms with Gasteiger partial charge in [0, 0.05) is 31.2 Å². The smallest absolute Gasteiger partial charge is 0.141 e. The summed E-state index contributed by atoms with van der Waals surface area (Å²) in [4.78, 5) is 2.48. The predicted octanol–water partition coefficient (Wildman–Crippen LogP) is 4.08. The molecule has 2 nitrogen and oxygen atoms in total. The zero-order valence-corrected chi connectivity index (χ0v) is 14.2. The van der Waals surface area contributed by atoms with Gasteiger partial charge in [0.25, 0.3) is 0 Å². The molecule has 1 aromatic rings. The molecule has 1 saturated heterocycles. The van der Waals surface area contributed by atoms with E-state index >= 15 is 0 Å². The molecule has 0 amide bonds. The van der Waals surface area contributed by atoms with Gasteiger partial charge in [-0.05, 0) is 37.5 Å². The highest BCUT2D eigenvalue weighted by atomic mass is 35.5. The van der Waals surface area contributed by atoms with Crippen LogP contribution in [-0.4, -0.2) is 29.6 Å². The summed E-state index contributed by atoms with van der Waals surface area (Å²) in [6.45, 7) is 11.8. The lowest BCUT2D eigenvalue weighted by Gasteiger charge is -2.47. The Morgan fingerprint density at radius 2 is 2.19 bits per heavy atom.